The lowest BCUT2D eigenvalue weighted by atomic mass is 10.0. The Hall–Kier alpha value is -3.97. The predicted molar refractivity (Wildman–Crippen MR) is 143 cm³/mol. The molecule has 0 saturated carbocycles. The van der Waals surface area contributed by atoms with Gasteiger partial charge < -0.3 is 14.4 Å². The Morgan fingerprint density at radius 1 is 0.865 bits per heavy atom. The van der Waals surface area contributed by atoms with Gasteiger partial charge in [-0.1, -0.05) is 53.7 Å². The lowest BCUT2D eigenvalue weighted by Gasteiger charge is -2.29. The van der Waals surface area contributed by atoms with Crippen molar-refractivity contribution >= 4 is 5.78 Å². The van der Waals surface area contributed by atoms with Crippen molar-refractivity contribution < 1.29 is 14.3 Å². The number of hydrogen-bond donors (Lipinski definition) is 0. The van der Waals surface area contributed by atoms with Gasteiger partial charge in [-0.25, -0.2) is 4.68 Å². The minimum atomic E-state index is -0.0517. The molecule has 1 aliphatic rings. The van der Waals surface area contributed by atoms with Gasteiger partial charge in [-0.15, -0.1) is 5.10 Å². The van der Waals surface area contributed by atoms with E-state index in [0.717, 1.165) is 59.7 Å². The molecule has 0 atom stereocenters. The molecule has 1 saturated heterocycles. The van der Waals surface area contributed by atoms with Gasteiger partial charge in [0.15, 0.2) is 5.78 Å². The van der Waals surface area contributed by atoms with Crippen molar-refractivity contribution in [3.05, 3.63) is 95.8 Å². The first-order chi connectivity index (χ1) is 18.1. The van der Waals surface area contributed by atoms with E-state index in [0.29, 0.717) is 18.3 Å². The van der Waals surface area contributed by atoms with Crippen molar-refractivity contribution in [3.63, 3.8) is 0 Å². The molecule has 0 unspecified atom stereocenters. The van der Waals surface area contributed by atoms with Gasteiger partial charge in [-0.2, -0.15) is 0 Å². The molecule has 1 aliphatic heterocycles. The zero-order valence-corrected chi connectivity index (χ0v) is 21.3. The molecule has 190 valence electrons. The SMILES string of the molecule is COc1ccc(Cn2cc(C(=O)Cc3ccc(-c4ccc(OC5CCN(C)CC5)cc4)cc3)nn2)cc1. The number of hydrogen-bond acceptors (Lipinski definition) is 6. The molecule has 0 spiro atoms. The maximum absolute atomic E-state index is 12.8. The summed E-state index contributed by atoms with van der Waals surface area (Å²) in [5, 5.41) is 8.21. The van der Waals surface area contributed by atoms with Crippen molar-refractivity contribution in [1.29, 1.82) is 0 Å². The molecule has 2 heterocycles. The topological polar surface area (TPSA) is 69.5 Å². The molecule has 0 bridgehead atoms. The van der Waals surface area contributed by atoms with Gasteiger partial charge in [-0.05, 0) is 66.4 Å². The number of benzene rings is 3. The molecule has 0 N–H and O–H groups in total. The highest BCUT2D eigenvalue weighted by Crippen LogP contribution is 2.25. The van der Waals surface area contributed by atoms with Crippen LogP contribution in [0.15, 0.2) is 79.0 Å². The molecule has 4 aromatic rings. The van der Waals surface area contributed by atoms with Crippen molar-refractivity contribution in [1.82, 2.24) is 19.9 Å². The molecular weight excluding hydrogens is 464 g/mol. The predicted octanol–water partition coefficient (Wildman–Crippen LogP) is 4.90. The summed E-state index contributed by atoms with van der Waals surface area (Å²) >= 11 is 0. The summed E-state index contributed by atoms with van der Waals surface area (Å²) in [6.07, 6.45) is 4.42. The van der Waals surface area contributed by atoms with E-state index in [1.165, 1.54) is 0 Å². The van der Waals surface area contributed by atoms with Crippen LogP contribution < -0.4 is 9.47 Å². The molecule has 5 rings (SSSR count). The molecule has 7 nitrogen and oxygen atoms in total. The second-order valence-electron chi connectivity index (χ2n) is 9.59. The number of carbonyl (C=O) groups excluding carboxylic acids is 1. The standard InChI is InChI=1S/C30H32N4O3/c1-33-17-15-28(16-18-33)37-27-13-9-25(10-14-27)24-7-3-22(4-8-24)19-30(35)29-21-34(32-31-29)20-23-5-11-26(36-2)12-6-23/h3-14,21,28H,15-20H2,1-2H3. The number of likely N-dealkylation sites (tertiary alicyclic amines) is 1. The molecule has 37 heavy (non-hydrogen) atoms. The number of methoxy groups -OCH3 is 1. The molecule has 0 amide bonds. The number of aromatic nitrogens is 3. The molecular formula is C30H32N4O3. The number of ether oxygens (including phenoxy) is 2. The first-order valence-electron chi connectivity index (χ1n) is 12.7. The van der Waals surface area contributed by atoms with Gasteiger partial charge in [0.05, 0.1) is 19.9 Å². The lowest BCUT2D eigenvalue weighted by molar-refractivity contribution is 0.0988. The maximum atomic E-state index is 12.8. The zero-order valence-electron chi connectivity index (χ0n) is 21.3. The fourth-order valence-electron chi connectivity index (χ4n) is 4.53. The molecule has 7 heteroatoms. The third-order valence-corrected chi connectivity index (χ3v) is 6.80. The van der Waals surface area contributed by atoms with E-state index < -0.39 is 0 Å². The van der Waals surface area contributed by atoms with Crippen molar-refractivity contribution in [3.8, 4) is 22.6 Å². The summed E-state index contributed by atoms with van der Waals surface area (Å²) in [6.45, 7) is 2.71. The van der Waals surface area contributed by atoms with E-state index in [1.54, 1.807) is 18.0 Å². The summed E-state index contributed by atoms with van der Waals surface area (Å²) in [5.74, 6) is 1.67. The van der Waals surface area contributed by atoms with E-state index in [4.69, 9.17) is 9.47 Å². The van der Waals surface area contributed by atoms with Crippen LogP contribution in [0.3, 0.4) is 0 Å². The minimum absolute atomic E-state index is 0.0517. The number of ketones is 1. The monoisotopic (exact) mass is 496 g/mol. The Bertz CT molecular complexity index is 1310. The molecule has 0 radical (unpaired) electrons. The van der Waals surface area contributed by atoms with E-state index in [-0.39, 0.29) is 12.2 Å². The van der Waals surface area contributed by atoms with Crippen molar-refractivity contribution in [2.24, 2.45) is 0 Å². The minimum Gasteiger partial charge on any atom is -0.497 e. The van der Waals surface area contributed by atoms with Crippen LogP contribution in [0, 0.1) is 0 Å². The molecule has 1 fully saturated rings. The Balaban J connectivity index is 1.15. The third-order valence-electron chi connectivity index (χ3n) is 6.80. The number of carbonyl (C=O) groups is 1. The van der Waals surface area contributed by atoms with Crippen LogP contribution in [-0.4, -0.2) is 59.0 Å². The Morgan fingerprint density at radius 2 is 1.46 bits per heavy atom. The molecule has 3 aromatic carbocycles. The summed E-state index contributed by atoms with van der Waals surface area (Å²) in [5.41, 5.74) is 4.60. The summed E-state index contributed by atoms with van der Waals surface area (Å²) in [4.78, 5) is 15.1. The first-order valence-corrected chi connectivity index (χ1v) is 12.7. The van der Waals surface area contributed by atoms with Crippen LogP contribution >= 0.6 is 0 Å². The van der Waals surface area contributed by atoms with Crippen molar-refractivity contribution in [2.75, 3.05) is 27.2 Å². The van der Waals surface area contributed by atoms with Crippen LogP contribution in [0.4, 0.5) is 0 Å². The Labute approximate surface area is 217 Å². The second-order valence-corrected chi connectivity index (χ2v) is 9.59. The summed E-state index contributed by atoms with van der Waals surface area (Å²) in [6, 6.07) is 24.1. The van der Waals surface area contributed by atoms with Gasteiger partial charge in [0, 0.05) is 19.5 Å². The average molecular weight is 497 g/mol. The highest BCUT2D eigenvalue weighted by molar-refractivity contribution is 5.95. The zero-order chi connectivity index (χ0) is 25.6. The van der Waals surface area contributed by atoms with Gasteiger partial charge in [0.25, 0.3) is 0 Å². The van der Waals surface area contributed by atoms with E-state index in [9.17, 15) is 4.79 Å². The normalized spacial score (nSPS) is 14.4. The number of rotatable bonds is 9. The van der Waals surface area contributed by atoms with E-state index >= 15 is 0 Å². The van der Waals surface area contributed by atoms with Gasteiger partial charge in [0.2, 0.25) is 0 Å². The highest BCUT2D eigenvalue weighted by atomic mass is 16.5. The van der Waals surface area contributed by atoms with Gasteiger partial charge >= 0.3 is 0 Å². The van der Waals surface area contributed by atoms with Gasteiger partial charge in [-0.3, -0.25) is 4.79 Å². The smallest absolute Gasteiger partial charge is 0.189 e. The largest absolute Gasteiger partial charge is 0.497 e. The Morgan fingerprint density at radius 3 is 2.11 bits per heavy atom. The van der Waals surface area contributed by atoms with Crippen LogP contribution in [0.25, 0.3) is 11.1 Å². The van der Waals surface area contributed by atoms with Crippen LogP contribution in [-0.2, 0) is 13.0 Å². The van der Waals surface area contributed by atoms with E-state index in [1.807, 2.05) is 48.5 Å². The van der Waals surface area contributed by atoms with E-state index in [2.05, 4.69) is 46.5 Å². The number of piperidine rings is 1. The highest BCUT2D eigenvalue weighted by Gasteiger charge is 2.18. The van der Waals surface area contributed by atoms with Gasteiger partial charge in [0.1, 0.15) is 23.3 Å². The van der Waals surface area contributed by atoms with Crippen LogP contribution in [0.1, 0.15) is 34.5 Å². The summed E-state index contributed by atoms with van der Waals surface area (Å²) in [7, 11) is 3.80. The molecule has 0 aliphatic carbocycles. The Kier molecular flexibility index (Phi) is 7.61. The quantitative estimate of drug-likeness (QED) is 0.307. The fraction of sp³-hybridized carbons (Fsp3) is 0.300. The average Bonchev–Trinajstić information content (AvgIpc) is 3.40. The maximum Gasteiger partial charge on any atom is 0.189 e. The third kappa shape index (κ3) is 6.43. The van der Waals surface area contributed by atoms with Crippen LogP contribution in [0.2, 0.25) is 0 Å². The van der Waals surface area contributed by atoms with Crippen LogP contribution in [0.5, 0.6) is 11.5 Å². The number of nitrogens with zero attached hydrogens (tertiary/aromatic N) is 4. The van der Waals surface area contributed by atoms with Crippen molar-refractivity contribution in [2.45, 2.75) is 31.9 Å². The first kappa shape index (κ1) is 24.7. The fourth-order valence-corrected chi connectivity index (χ4v) is 4.53. The molecule has 1 aromatic heterocycles. The number of Topliss-reactive ketones (excluding diaryl/α,β-unsaturated/α-hetero) is 1. The lowest BCUT2D eigenvalue weighted by Crippen LogP contribution is -2.35. The summed E-state index contributed by atoms with van der Waals surface area (Å²) < 4.78 is 13.0. The second kappa shape index (κ2) is 11.4.